The molecule has 1 heterocycles. The molecule has 0 atom stereocenters. The molecule has 0 saturated heterocycles. The van der Waals surface area contributed by atoms with Gasteiger partial charge in [0, 0.05) is 0 Å². The van der Waals surface area contributed by atoms with Gasteiger partial charge in [-0.05, 0) is 23.8 Å². The van der Waals surface area contributed by atoms with Crippen LogP contribution in [0.15, 0.2) is 24.3 Å². The van der Waals surface area contributed by atoms with Crippen molar-refractivity contribution in [3.05, 3.63) is 41.2 Å². The summed E-state index contributed by atoms with van der Waals surface area (Å²) in [5, 5.41) is 20.5. The zero-order valence-electron chi connectivity index (χ0n) is 8.66. The summed E-state index contributed by atoms with van der Waals surface area (Å²) in [7, 11) is 0. The second kappa shape index (κ2) is 4.09. The van der Waals surface area contributed by atoms with E-state index in [9.17, 15) is 4.79 Å². The topological polar surface area (TPSA) is 80.9 Å². The van der Waals surface area contributed by atoms with E-state index in [1.807, 2.05) is 0 Å². The Kier molecular flexibility index (Phi) is 2.63. The third-order valence-electron chi connectivity index (χ3n) is 2.11. The van der Waals surface area contributed by atoms with E-state index in [1.165, 1.54) is 4.80 Å². The first kappa shape index (κ1) is 10.3. The van der Waals surface area contributed by atoms with Gasteiger partial charge < -0.3 is 5.11 Å². The van der Waals surface area contributed by atoms with Gasteiger partial charge in [-0.15, -0.1) is 10.2 Å². The number of aromatic nitrogens is 4. The zero-order valence-corrected chi connectivity index (χ0v) is 8.66. The molecule has 1 N–H and O–H groups in total. The quantitative estimate of drug-likeness (QED) is 0.821. The van der Waals surface area contributed by atoms with Gasteiger partial charge >= 0.3 is 5.97 Å². The lowest BCUT2D eigenvalue weighted by Crippen LogP contribution is -2.09. The number of tetrazole rings is 1. The number of rotatable bonds is 3. The normalized spacial score (nSPS) is 10.3. The Morgan fingerprint density at radius 1 is 1.44 bits per heavy atom. The summed E-state index contributed by atoms with van der Waals surface area (Å²) in [5.74, 6) is -0.389. The predicted molar refractivity (Wildman–Crippen MR) is 55.1 cm³/mol. The van der Waals surface area contributed by atoms with Crippen LogP contribution in [0.5, 0.6) is 0 Å². The van der Waals surface area contributed by atoms with Gasteiger partial charge in [-0.2, -0.15) is 4.80 Å². The molecule has 6 nitrogen and oxygen atoms in total. The Labute approximate surface area is 91.5 Å². The van der Waals surface area contributed by atoms with E-state index >= 15 is 0 Å². The molecule has 6 heteroatoms. The Morgan fingerprint density at radius 3 is 2.81 bits per heavy atom. The maximum atomic E-state index is 11.0. The summed E-state index contributed by atoms with van der Waals surface area (Å²) >= 11 is 0. The van der Waals surface area contributed by atoms with Crippen molar-refractivity contribution in [3.8, 4) is 0 Å². The average Bonchev–Trinajstić information content (AvgIpc) is 2.64. The Hall–Kier alpha value is -2.24. The second-order valence-electron chi connectivity index (χ2n) is 3.33. The largest absolute Gasteiger partial charge is 0.478 e. The number of carboxylic acids is 1. The van der Waals surface area contributed by atoms with Gasteiger partial charge in [-0.1, -0.05) is 18.2 Å². The van der Waals surface area contributed by atoms with Crippen molar-refractivity contribution in [2.24, 2.45) is 0 Å². The molecule has 0 unspecified atom stereocenters. The van der Waals surface area contributed by atoms with E-state index in [4.69, 9.17) is 5.11 Å². The van der Waals surface area contributed by atoms with Crippen LogP contribution in [0.4, 0.5) is 0 Å². The zero-order chi connectivity index (χ0) is 11.5. The first-order valence-electron chi connectivity index (χ1n) is 4.72. The molecule has 2 rings (SSSR count). The Bertz CT molecular complexity index is 521. The van der Waals surface area contributed by atoms with Crippen molar-refractivity contribution >= 4 is 5.97 Å². The lowest BCUT2D eigenvalue weighted by Gasteiger charge is -2.03. The van der Waals surface area contributed by atoms with Gasteiger partial charge in [0.05, 0.1) is 12.1 Å². The van der Waals surface area contributed by atoms with Crippen molar-refractivity contribution < 1.29 is 9.90 Å². The summed E-state index contributed by atoms with van der Waals surface area (Å²) in [4.78, 5) is 12.3. The third kappa shape index (κ3) is 2.05. The number of hydrogen-bond donors (Lipinski definition) is 1. The van der Waals surface area contributed by atoms with Gasteiger partial charge in [0.15, 0.2) is 5.82 Å². The van der Waals surface area contributed by atoms with Crippen molar-refractivity contribution in [2.45, 2.75) is 13.5 Å². The second-order valence-corrected chi connectivity index (χ2v) is 3.33. The molecule has 0 saturated carbocycles. The lowest BCUT2D eigenvalue weighted by molar-refractivity contribution is 0.0695. The van der Waals surface area contributed by atoms with E-state index in [1.54, 1.807) is 31.2 Å². The van der Waals surface area contributed by atoms with Crippen LogP contribution in [0.1, 0.15) is 21.7 Å². The highest BCUT2D eigenvalue weighted by Gasteiger charge is 2.10. The fourth-order valence-corrected chi connectivity index (χ4v) is 1.41. The molecule has 0 aliphatic heterocycles. The molecular formula is C10H10N4O2. The molecule has 0 spiro atoms. The molecular weight excluding hydrogens is 208 g/mol. The van der Waals surface area contributed by atoms with Gasteiger partial charge in [0.1, 0.15) is 0 Å². The number of aromatic carboxylic acids is 1. The van der Waals surface area contributed by atoms with Crippen LogP contribution >= 0.6 is 0 Å². The molecule has 0 fully saturated rings. The van der Waals surface area contributed by atoms with Gasteiger partial charge in [-0.3, -0.25) is 0 Å². The smallest absolute Gasteiger partial charge is 0.336 e. The molecule has 2 aromatic rings. The molecule has 0 amide bonds. The van der Waals surface area contributed by atoms with Crippen LogP contribution in [0.2, 0.25) is 0 Å². The number of aryl methyl sites for hydroxylation is 1. The molecule has 16 heavy (non-hydrogen) atoms. The summed E-state index contributed by atoms with van der Waals surface area (Å²) in [6, 6.07) is 6.77. The van der Waals surface area contributed by atoms with Crippen LogP contribution in [0.25, 0.3) is 0 Å². The van der Waals surface area contributed by atoms with Crippen LogP contribution in [-0.2, 0) is 6.54 Å². The lowest BCUT2D eigenvalue weighted by atomic mass is 10.1. The highest BCUT2D eigenvalue weighted by Crippen LogP contribution is 2.09. The van der Waals surface area contributed by atoms with Crippen molar-refractivity contribution in [1.82, 2.24) is 20.2 Å². The first-order chi connectivity index (χ1) is 7.66. The summed E-state index contributed by atoms with van der Waals surface area (Å²) < 4.78 is 0. The molecule has 0 radical (unpaired) electrons. The van der Waals surface area contributed by atoms with Crippen LogP contribution in [0.3, 0.4) is 0 Å². The fourth-order valence-electron chi connectivity index (χ4n) is 1.41. The average molecular weight is 218 g/mol. The minimum absolute atomic E-state index is 0.262. The van der Waals surface area contributed by atoms with E-state index in [-0.39, 0.29) is 5.56 Å². The van der Waals surface area contributed by atoms with E-state index in [0.29, 0.717) is 17.9 Å². The van der Waals surface area contributed by atoms with Crippen molar-refractivity contribution in [3.63, 3.8) is 0 Å². The van der Waals surface area contributed by atoms with Crippen LogP contribution in [0, 0.1) is 6.92 Å². The first-order valence-corrected chi connectivity index (χ1v) is 4.72. The molecule has 82 valence electrons. The third-order valence-corrected chi connectivity index (χ3v) is 2.11. The van der Waals surface area contributed by atoms with E-state index in [0.717, 1.165) is 0 Å². The molecule has 0 aliphatic carbocycles. The van der Waals surface area contributed by atoms with Crippen molar-refractivity contribution in [2.75, 3.05) is 0 Å². The highest BCUT2D eigenvalue weighted by molar-refractivity contribution is 5.89. The predicted octanol–water partition coefficient (Wildman–Crippen LogP) is 0.728. The minimum Gasteiger partial charge on any atom is -0.478 e. The number of carbonyl (C=O) groups is 1. The number of nitrogens with zero attached hydrogens (tertiary/aromatic N) is 4. The van der Waals surface area contributed by atoms with Gasteiger partial charge in [0.2, 0.25) is 0 Å². The van der Waals surface area contributed by atoms with E-state index in [2.05, 4.69) is 15.4 Å². The molecule has 1 aromatic heterocycles. The SMILES string of the molecule is Cc1nnn(Cc2ccccc2C(=O)O)n1. The fraction of sp³-hybridized carbons (Fsp3) is 0.200. The number of hydrogen-bond acceptors (Lipinski definition) is 4. The summed E-state index contributed by atoms with van der Waals surface area (Å²) in [5.41, 5.74) is 0.921. The minimum atomic E-state index is -0.951. The van der Waals surface area contributed by atoms with E-state index < -0.39 is 5.97 Å². The highest BCUT2D eigenvalue weighted by atomic mass is 16.4. The van der Waals surface area contributed by atoms with Crippen LogP contribution in [-0.4, -0.2) is 31.3 Å². The van der Waals surface area contributed by atoms with Crippen molar-refractivity contribution in [1.29, 1.82) is 0 Å². The maximum absolute atomic E-state index is 11.0. The standard InChI is InChI=1S/C10H10N4O2/c1-7-11-13-14(12-7)6-8-4-2-3-5-9(8)10(15)16/h2-5H,6H2,1H3,(H,15,16). The Balaban J connectivity index is 2.31. The maximum Gasteiger partial charge on any atom is 0.336 e. The molecule has 0 bridgehead atoms. The monoisotopic (exact) mass is 218 g/mol. The number of carboxylic acid groups (broad SMARTS) is 1. The Morgan fingerprint density at radius 2 is 2.19 bits per heavy atom. The van der Waals surface area contributed by atoms with Gasteiger partial charge in [-0.25, -0.2) is 4.79 Å². The van der Waals surface area contributed by atoms with Crippen LogP contribution < -0.4 is 0 Å². The summed E-state index contributed by atoms with van der Waals surface area (Å²) in [6.45, 7) is 2.04. The molecule has 0 aliphatic rings. The number of benzene rings is 1. The van der Waals surface area contributed by atoms with Gasteiger partial charge in [0.25, 0.3) is 0 Å². The summed E-state index contributed by atoms with van der Waals surface area (Å²) in [6.07, 6.45) is 0. The molecule has 1 aromatic carbocycles.